The highest BCUT2D eigenvalue weighted by Gasteiger charge is 2.32. The number of imidazole rings is 1. The average molecular weight is 285 g/mol. The Morgan fingerprint density at radius 2 is 2.05 bits per heavy atom. The van der Waals surface area contributed by atoms with Crippen molar-refractivity contribution >= 4 is 11.0 Å². The summed E-state index contributed by atoms with van der Waals surface area (Å²) in [6.07, 6.45) is 3.86. The van der Waals surface area contributed by atoms with E-state index in [4.69, 9.17) is 4.98 Å². The summed E-state index contributed by atoms with van der Waals surface area (Å²) in [6, 6.07) is 9.10. The van der Waals surface area contributed by atoms with Crippen LogP contribution in [0.3, 0.4) is 0 Å². The molecule has 0 bridgehead atoms. The third-order valence-corrected chi connectivity index (χ3v) is 4.69. The summed E-state index contributed by atoms with van der Waals surface area (Å²) in [4.78, 5) is 8.16. The van der Waals surface area contributed by atoms with Crippen LogP contribution in [0.25, 0.3) is 11.0 Å². The van der Waals surface area contributed by atoms with Gasteiger partial charge in [0.1, 0.15) is 5.82 Å². The standard InChI is InChI=1S/C18H27N3/c1-12-9-14(11-18(3,4)10-12)19-13(2)17-20-15-7-5-6-8-16(15)21-17/h5-8,12-14,19H,9-11H2,1-4H3,(H,20,21). The van der Waals surface area contributed by atoms with E-state index in [9.17, 15) is 0 Å². The van der Waals surface area contributed by atoms with E-state index in [1.54, 1.807) is 0 Å². The van der Waals surface area contributed by atoms with E-state index >= 15 is 0 Å². The van der Waals surface area contributed by atoms with Crippen molar-refractivity contribution in [3.05, 3.63) is 30.1 Å². The summed E-state index contributed by atoms with van der Waals surface area (Å²) in [5.41, 5.74) is 2.63. The van der Waals surface area contributed by atoms with E-state index in [1.165, 1.54) is 19.3 Å². The van der Waals surface area contributed by atoms with Gasteiger partial charge in [-0.1, -0.05) is 32.9 Å². The zero-order valence-corrected chi connectivity index (χ0v) is 13.6. The molecular formula is C18H27N3. The molecule has 114 valence electrons. The SMILES string of the molecule is CC1CC(NC(C)c2nc3ccccc3[nH]2)CC(C)(C)C1. The first-order chi connectivity index (χ1) is 9.93. The minimum Gasteiger partial charge on any atom is -0.341 e. The molecule has 2 aromatic rings. The Hall–Kier alpha value is -1.35. The number of aromatic nitrogens is 2. The van der Waals surface area contributed by atoms with Crippen LogP contribution in [-0.4, -0.2) is 16.0 Å². The fraction of sp³-hybridized carbons (Fsp3) is 0.611. The molecule has 1 aliphatic carbocycles. The van der Waals surface area contributed by atoms with E-state index in [2.05, 4.69) is 50.1 Å². The summed E-state index contributed by atoms with van der Waals surface area (Å²) in [5, 5.41) is 3.79. The van der Waals surface area contributed by atoms with Gasteiger partial charge in [0.2, 0.25) is 0 Å². The van der Waals surface area contributed by atoms with Gasteiger partial charge in [-0.05, 0) is 49.7 Å². The van der Waals surface area contributed by atoms with Crippen molar-refractivity contribution in [2.45, 2.75) is 59.0 Å². The van der Waals surface area contributed by atoms with Crippen LogP contribution < -0.4 is 5.32 Å². The number of para-hydroxylation sites is 2. The molecule has 2 N–H and O–H groups in total. The van der Waals surface area contributed by atoms with Gasteiger partial charge in [0, 0.05) is 6.04 Å². The fourth-order valence-corrected chi connectivity index (χ4v) is 4.08. The topological polar surface area (TPSA) is 40.7 Å². The van der Waals surface area contributed by atoms with Crippen molar-refractivity contribution in [1.82, 2.24) is 15.3 Å². The van der Waals surface area contributed by atoms with Crippen molar-refractivity contribution in [3.63, 3.8) is 0 Å². The summed E-state index contributed by atoms with van der Waals surface area (Å²) < 4.78 is 0. The van der Waals surface area contributed by atoms with Crippen LogP contribution in [-0.2, 0) is 0 Å². The van der Waals surface area contributed by atoms with Crippen LogP contribution in [0, 0.1) is 11.3 Å². The molecule has 1 heterocycles. The van der Waals surface area contributed by atoms with E-state index < -0.39 is 0 Å². The molecule has 3 unspecified atom stereocenters. The fourth-order valence-electron chi connectivity index (χ4n) is 4.08. The second-order valence-electron chi connectivity index (χ2n) is 7.64. The van der Waals surface area contributed by atoms with Crippen LogP contribution in [0.4, 0.5) is 0 Å². The molecule has 0 saturated heterocycles. The highest BCUT2D eigenvalue weighted by atomic mass is 15.0. The molecule has 3 nitrogen and oxygen atoms in total. The van der Waals surface area contributed by atoms with Gasteiger partial charge < -0.3 is 10.3 Å². The Morgan fingerprint density at radius 1 is 1.29 bits per heavy atom. The lowest BCUT2D eigenvalue weighted by molar-refractivity contribution is 0.145. The maximum absolute atomic E-state index is 4.72. The van der Waals surface area contributed by atoms with Crippen LogP contribution >= 0.6 is 0 Å². The maximum atomic E-state index is 4.72. The number of fused-ring (bicyclic) bond motifs is 1. The molecule has 0 spiro atoms. The quantitative estimate of drug-likeness (QED) is 0.876. The Bertz CT molecular complexity index is 581. The van der Waals surface area contributed by atoms with E-state index in [0.717, 1.165) is 22.8 Å². The lowest BCUT2D eigenvalue weighted by Gasteiger charge is -2.40. The molecule has 1 saturated carbocycles. The zero-order chi connectivity index (χ0) is 15.0. The molecule has 3 heteroatoms. The predicted octanol–water partition coefficient (Wildman–Crippen LogP) is 4.43. The second kappa shape index (κ2) is 5.45. The van der Waals surface area contributed by atoms with Gasteiger partial charge in [-0.15, -0.1) is 0 Å². The molecular weight excluding hydrogens is 258 g/mol. The minimum absolute atomic E-state index is 0.267. The number of hydrogen-bond acceptors (Lipinski definition) is 2. The minimum atomic E-state index is 0.267. The van der Waals surface area contributed by atoms with Gasteiger partial charge in [0.05, 0.1) is 17.1 Å². The lowest BCUT2D eigenvalue weighted by Crippen LogP contribution is -2.41. The number of nitrogens with one attached hydrogen (secondary N) is 2. The van der Waals surface area contributed by atoms with E-state index in [-0.39, 0.29) is 6.04 Å². The second-order valence-corrected chi connectivity index (χ2v) is 7.64. The summed E-state index contributed by atoms with van der Waals surface area (Å²) in [5.74, 6) is 1.85. The number of nitrogens with zero attached hydrogens (tertiary/aromatic N) is 1. The molecule has 0 amide bonds. The predicted molar refractivity (Wildman–Crippen MR) is 88.2 cm³/mol. The van der Waals surface area contributed by atoms with Crippen molar-refractivity contribution in [1.29, 1.82) is 0 Å². The van der Waals surface area contributed by atoms with Gasteiger partial charge in [-0.3, -0.25) is 0 Å². The maximum Gasteiger partial charge on any atom is 0.124 e. The average Bonchev–Trinajstić information content (AvgIpc) is 2.79. The number of H-pyrrole nitrogens is 1. The van der Waals surface area contributed by atoms with Crippen molar-refractivity contribution in [2.24, 2.45) is 11.3 Å². The van der Waals surface area contributed by atoms with Crippen LogP contribution in [0.2, 0.25) is 0 Å². The van der Waals surface area contributed by atoms with Crippen molar-refractivity contribution < 1.29 is 0 Å². The Kier molecular flexibility index (Phi) is 3.78. The Morgan fingerprint density at radius 3 is 2.76 bits per heavy atom. The molecule has 0 aliphatic heterocycles. The molecule has 0 radical (unpaired) electrons. The normalized spacial score (nSPS) is 26.9. The first-order valence-corrected chi connectivity index (χ1v) is 8.14. The Balaban J connectivity index is 1.72. The van der Waals surface area contributed by atoms with Crippen LogP contribution in [0.1, 0.15) is 58.8 Å². The summed E-state index contributed by atoms with van der Waals surface area (Å²) in [7, 11) is 0. The zero-order valence-electron chi connectivity index (χ0n) is 13.6. The molecule has 3 rings (SSSR count). The van der Waals surface area contributed by atoms with Gasteiger partial charge >= 0.3 is 0 Å². The largest absolute Gasteiger partial charge is 0.341 e. The molecule has 1 aromatic carbocycles. The van der Waals surface area contributed by atoms with Gasteiger partial charge in [-0.2, -0.15) is 0 Å². The third kappa shape index (κ3) is 3.29. The van der Waals surface area contributed by atoms with Gasteiger partial charge in [0.25, 0.3) is 0 Å². The number of aromatic amines is 1. The smallest absolute Gasteiger partial charge is 0.124 e. The van der Waals surface area contributed by atoms with Crippen LogP contribution in [0.15, 0.2) is 24.3 Å². The molecule has 1 aromatic heterocycles. The lowest BCUT2D eigenvalue weighted by atomic mass is 9.70. The van der Waals surface area contributed by atoms with Gasteiger partial charge in [0.15, 0.2) is 0 Å². The number of benzene rings is 1. The van der Waals surface area contributed by atoms with E-state index in [0.29, 0.717) is 11.5 Å². The van der Waals surface area contributed by atoms with Gasteiger partial charge in [-0.25, -0.2) is 4.98 Å². The molecule has 3 atom stereocenters. The Labute approximate surface area is 127 Å². The molecule has 1 fully saturated rings. The molecule has 1 aliphatic rings. The van der Waals surface area contributed by atoms with Crippen molar-refractivity contribution in [2.75, 3.05) is 0 Å². The molecule has 21 heavy (non-hydrogen) atoms. The summed E-state index contributed by atoms with van der Waals surface area (Å²) in [6.45, 7) is 9.37. The summed E-state index contributed by atoms with van der Waals surface area (Å²) >= 11 is 0. The third-order valence-electron chi connectivity index (χ3n) is 4.69. The first kappa shape index (κ1) is 14.6. The van der Waals surface area contributed by atoms with Crippen molar-refractivity contribution in [3.8, 4) is 0 Å². The first-order valence-electron chi connectivity index (χ1n) is 8.14. The number of rotatable bonds is 3. The van der Waals surface area contributed by atoms with E-state index in [1.807, 2.05) is 12.1 Å². The highest BCUT2D eigenvalue weighted by molar-refractivity contribution is 5.74. The highest BCUT2D eigenvalue weighted by Crippen LogP contribution is 2.39. The monoisotopic (exact) mass is 285 g/mol. The number of hydrogen-bond donors (Lipinski definition) is 2. The van der Waals surface area contributed by atoms with Crippen LogP contribution in [0.5, 0.6) is 0 Å².